The first-order valence-electron chi connectivity index (χ1n) is 8.31. The molecule has 1 aromatic carbocycles. The molecule has 1 aromatic heterocycles. The molecular formula is C19H26N2. The molecule has 1 fully saturated rings. The van der Waals surface area contributed by atoms with Crippen LogP contribution in [0.1, 0.15) is 45.1 Å². The molecule has 1 saturated carbocycles. The summed E-state index contributed by atoms with van der Waals surface area (Å²) < 4.78 is 0. The van der Waals surface area contributed by atoms with Crippen molar-refractivity contribution < 1.29 is 0 Å². The molecule has 0 radical (unpaired) electrons. The van der Waals surface area contributed by atoms with Gasteiger partial charge < -0.3 is 5.32 Å². The summed E-state index contributed by atoms with van der Waals surface area (Å²) in [6.07, 6.45) is 7.41. The molecule has 0 saturated heterocycles. The molecule has 0 bridgehead atoms. The number of nitrogens with one attached hydrogen (secondary N) is 1. The first-order chi connectivity index (χ1) is 10.3. The smallest absolute Gasteiger partial charge is 0.0705 e. The second kappa shape index (κ2) is 6.57. The van der Waals surface area contributed by atoms with Crippen LogP contribution in [0.4, 0.5) is 0 Å². The Bertz CT molecular complexity index is 586. The SMILES string of the molecule is CC(C)C1CCCCC1NCc1ccnc2ccccc12. The van der Waals surface area contributed by atoms with E-state index in [1.807, 2.05) is 6.20 Å². The second-order valence-electron chi connectivity index (χ2n) is 6.67. The number of aromatic nitrogens is 1. The van der Waals surface area contributed by atoms with Gasteiger partial charge >= 0.3 is 0 Å². The Kier molecular flexibility index (Phi) is 4.54. The molecule has 2 aromatic rings. The van der Waals surface area contributed by atoms with Gasteiger partial charge in [0.25, 0.3) is 0 Å². The van der Waals surface area contributed by atoms with Crippen LogP contribution in [0.25, 0.3) is 10.9 Å². The zero-order valence-electron chi connectivity index (χ0n) is 13.2. The predicted octanol–water partition coefficient (Wildman–Crippen LogP) is 4.54. The van der Waals surface area contributed by atoms with E-state index < -0.39 is 0 Å². The lowest BCUT2D eigenvalue weighted by Gasteiger charge is -2.35. The first kappa shape index (κ1) is 14.5. The summed E-state index contributed by atoms with van der Waals surface area (Å²) in [4.78, 5) is 4.45. The van der Waals surface area contributed by atoms with E-state index in [1.54, 1.807) is 0 Å². The van der Waals surface area contributed by atoms with Crippen molar-refractivity contribution in [3.63, 3.8) is 0 Å². The van der Waals surface area contributed by atoms with Crippen LogP contribution in [0.5, 0.6) is 0 Å². The van der Waals surface area contributed by atoms with Gasteiger partial charge in [0, 0.05) is 24.2 Å². The lowest BCUT2D eigenvalue weighted by Crippen LogP contribution is -2.40. The zero-order chi connectivity index (χ0) is 14.7. The highest BCUT2D eigenvalue weighted by Gasteiger charge is 2.26. The third-order valence-electron chi connectivity index (χ3n) is 4.97. The number of hydrogen-bond donors (Lipinski definition) is 1. The van der Waals surface area contributed by atoms with E-state index >= 15 is 0 Å². The lowest BCUT2D eigenvalue weighted by atomic mass is 9.78. The standard InChI is InChI=1S/C19H26N2/c1-14(2)16-7-3-5-9-18(16)21-13-15-11-12-20-19-10-6-4-8-17(15)19/h4,6,8,10-12,14,16,18,21H,3,5,7,9,13H2,1-2H3. The monoisotopic (exact) mass is 282 g/mol. The number of hydrogen-bond acceptors (Lipinski definition) is 2. The van der Waals surface area contributed by atoms with Gasteiger partial charge in [-0.05, 0) is 42.4 Å². The van der Waals surface area contributed by atoms with Crippen molar-refractivity contribution in [2.45, 2.75) is 52.1 Å². The number of rotatable bonds is 4. The van der Waals surface area contributed by atoms with Crippen molar-refractivity contribution in [2.24, 2.45) is 11.8 Å². The minimum atomic E-state index is 0.672. The fraction of sp³-hybridized carbons (Fsp3) is 0.526. The van der Waals surface area contributed by atoms with E-state index in [1.165, 1.54) is 36.6 Å². The lowest BCUT2D eigenvalue weighted by molar-refractivity contribution is 0.205. The summed E-state index contributed by atoms with van der Waals surface area (Å²) in [5.41, 5.74) is 2.47. The molecule has 112 valence electrons. The predicted molar refractivity (Wildman–Crippen MR) is 89.2 cm³/mol. The van der Waals surface area contributed by atoms with Crippen molar-refractivity contribution in [3.05, 3.63) is 42.1 Å². The highest BCUT2D eigenvalue weighted by Crippen LogP contribution is 2.30. The third kappa shape index (κ3) is 3.26. The van der Waals surface area contributed by atoms with Crippen molar-refractivity contribution in [2.75, 3.05) is 0 Å². The summed E-state index contributed by atoms with van der Waals surface area (Å²) in [7, 11) is 0. The molecule has 2 atom stereocenters. The van der Waals surface area contributed by atoms with E-state index in [9.17, 15) is 0 Å². The van der Waals surface area contributed by atoms with Crippen molar-refractivity contribution in [3.8, 4) is 0 Å². The second-order valence-corrected chi connectivity index (χ2v) is 6.67. The van der Waals surface area contributed by atoms with Crippen LogP contribution in [-0.2, 0) is 6.54 Å². The number of para-hydroxylation sites is 1. The van der Waals surface area contributed by atoms with Gasteiger partial charge in [-0.3, -0.25) is 4.98 Å². The van der Waals surface area contributed by atoms with Gasteiger partial charge in [0.2, 0.25) is 0 Å². The first-order valence-corrected chi connectivity index (χ1v) is 8.31. The fourth-order valence-corrected chi connectivity index (χ4v) is 3.76. The van der Waals surface area contributed by atoms with Crippen LogP contribution in [-0.4, -0.2) is 11.0 Å². The van der Waals surface area contributed by atoms with Crippen LogP contribution in [0.3, 0.4) is 0 Å². The number of nitrogens with zero attached hydrogens (tertiary/aromatic N) is 1. The van der Waals surface area contributed by atoms with Crippen molar-refractivity contribution >= 4 is 10.9 Å². The minimum Gasteiger partial charge on any atom is -0.310 e. The quantitative estimate of drug-likeness (QED) is 0.890. The molecule has 1 N–H and O–H groups in total. The summed E-state index contributed by atoms with van der Waals surface area (Å²) >= 11 is 0. The molecule has 21 heavy (non-hydrogen) atoms. The van der Waals surface area contributed by atoms with E-state index in [0.717, 1.165) is 23.9 Å². The Morgan fingerprint density at radius 2 is 1.95 bits per heavy atom. The number of pyridine rings is 1. The van der Waals surface area contributed by atoms with Crippen LogP contribution >= 0.6 is 0 Å². The topological polar surface area (TPSA) is 24.9 Å². The Balaban J connectivity index is 1.73. The third-order valence-corrected chi connectivity index (χ3v) is 4.97. The molecule has 2 heteroatoms. The van der Waals surface area contributed by atoms with Gasteiger partial charge in [0.05, 0.1) is 5.52 Å². The van der Waals surface area contributed by atoms with Crippen molar-refractivity contribution in [1.82, 2.24) is 10.3 Å². The average Bonchev–Trinajstić information content (AvgIpc) is 2.53. The Labute approximate surface area is 128 Å². The number of fused-ring (bicyclic) bond motifs is 1. The molecule has 0 spiro atoms. The van der Waals surface area contributed by atoms with E-state index in [-0.39, 0.29) is 0 Å². The molecule has 0 aliphatic heterocycles. The normalized spacial score (nSPS) is 22.8. The van der Waals surface area contributed by atoms with Crippen LogP contribution < -0.4 is 5.32 Å². The highest BCUT2D eigenvalue weighted by molar-refractivity contribution is 5.81. The molecule has 1 aliphatic rings. The van der Waals surface area contributed by atoms with E-state index in [0.29, 0.717) is 6.04 Å². The van der Waals surface area contributed by atoms with Gasteiger partial charge in [-0.2, -0.15) is 0 Å². The average molecular weight is 282 g/mol. The van der Waals surface area contributed by atoms with E-state index in [4.69, 9.17) is 0 Å². The summed E-state index contributed by atoms with van der Waals surface area (Å²) in [5.74, 6) is 1.60. The maximum absolute atomic E-state index is 4.45. The van der Waals surface area contributed by atoms with Gasteiger partial charge in [-0.15, -0.1) is 0 Å². The summed E-state index contributed by atoms with van der Waals surface area (Å²) in [5, 5.41) is 5.12. The summed E-state index contributed by atoms with van der Waals surface area (Å²) in [6.45, 7) is 5.69. The number of benzene rings is 1. The van der Waals surface area contributed by atoms with Crippen LogP contribution in [0.2, 0.25) is 0 Å². The van der Waals surface area contributed by atoms with Gasteiger partial charge in [-0.1, -0.05) is 44.9 Å². The molecule has 0 amide bonds. The van der Waals surface area contributed by atoms with Crippen LogP contribution in [0.15, 0.2) is 36.5 Å². The molecular weight excluding hydrogens is 256 g/mol. The van der Waals surface area contributed by atoms with Crippen LogP contribution in [0, 0.1) is 11.8 Å². The molecule has 2 nitrogen and oxygen atoms in total. The Hall–Kier alpha value is -1.41. The highest BCUT2D eigenvalue weighted by atomic mass is 14.9. The van der Waals surface area contributed by atoms with Gasteiger partial charge in [-0.25, -0.2) is 0 Å². The maximum Gasteiger partial charge on any atom is 0.0705 e. The molecule has 2 unspecified atom stereocenters. The Morgan fingerprint density at radius 1 is 1.14 bits per heavy atom. The molecule has 3 rings (SSSR count). The maximum atomic E-state index is 4.45. The van der Waals surface area contributed by atoms with E-state index in [2.05, 4.69) is 54.5 Å². The van der Waals surface area contributed by atoms with Gasteiger partial charge in [0.1, 0.15) is 0 Å². The Morgan fingerprint density at radius 3 is 2.81 bits per heavy atom. The zero-order valence-corrected chi connectivity index (χ0v) is 13.2. The van der Waals surface area contributed by atoms with Gasteiger partial charge in [0.15, 0.2) is 0 Å². The molecule has 1 aliphatic carbocycles. The largest absolute Gasteiger partial charge is 0.310 e. The van der Waals surface area contributed by atoms with Crippen molar-refractivity contribution in [1.29, 1.82) is 0 Å². The molecule has 1 heterocycles. The fourth-order valence-electron chi connectivity index (χ4n) is 3.76. The minimum absolute atomic E-state index is 0.672. The summed E-state index contributed by atoms with van der Waals surface area (Å²) in [6, 6.07) is 11.3.